The Hall–Kier alpha value is -11.0. The number of nitriles is 2. The molecule has 0 radical (unpaired) electrons. The van der Waals surface area contributed by atoms with E-state index >= 15 is 0 Å². The third-order valence-electron chi connectivity index (χ3n) is 21.9. The van der Waals surface area contributed by atoms with Crippen LogP contribution in [0.5, 0.6) is 0 Å². The van der Waals surface area contributed by atoms with E-state index in [2.05, 4.69) is 95.0 Å². The highest BCUT2D eigenvalue weighted by Crippen LogP contribution is 2.54. The third kappa shape index (κ3) is 14.6. The third-order valence-corrected chi connectivity index (χ3v) is 26.2. The lowest BCUT2D eigenvalue weighted by Crippen LogP contribution is -2.62. The minimum absolute atomic E-state index is 0.0177. The smallest absolute Gasteiger partial charge is 0.261 e. The van der Waals surface area contributed by atoms with Crippen LogP contribution in [0, 0.1) is 76.9 Å². The number of aromatic nitrogens is 1. The van der Waals surface area contributed by atoms with Gasteiger partial charge in [0.05, 0.1) is 45.5 Å². The molecule has 27 heteroatoms. The average molecular weight is 1580 g/mol. The topological polar surface area (TPSA) is 302 Å². The van der Waals surface area contributed by atoms with Gasteiger partial charge < -0.3 is 32.7 Å². The second-order valence-corrected chi connectivity index (χ2v) is 32.9. The first-order chi connectivity index (χ1) is 52.0. The molecule has 6 aliphatic heterocycles. The van der Waals surface area contributed by atoms with E-state index in [-0.39, 0.29) is 82.9 Å². The number of thiophene rings is 3. The van der Waals surface area contributed by atoms with E-state index < -0.39 is 28.1 Å². The Balaban J connectivity index is 0.000000131. The fourth-order valence-corrected chi connectivity index (χ4v) is 18.9. The SMILES string of the molecule is CN1C(=O)C(C)(c2ccc(F)c(Br)c2)N=C1N.CN1C(=O)[C@@H](C2CN(c3ccccc3)C2)[C@@](C)(c2cc(-c3cccc(C#N)c3)cs2)N=C1N.CN1C(=O)[C@H](C2CN(c3ccccc3)C2)[C@@](C)(c2cc(-c3cccc(C#N)c3)cs2)N=C1N.Cc1cc(-c2ccc([C@@]3(C)N=C(N)N(C)C(=O)[C@H]3C3CC3)s2)cnc1F. The van der Waals surface area contributed by atoms with Crippen LogP contribution < -0.4 is 32.7 Å². The van der Waals surface area contributed by atoms with Gasteiger partial charge in [-0.25, -0.2) is 29.3 Å². The monoisotopic (exact) mass is 1580 g/mol. The van der Waals surface area contributed by atoms with Gasteiger partial charge in [-0.3, -0.25) is 38.8 Å². The summed E-state index contributed by atoms with van der Waals surface area (Å²) in [5, 5.41) is 22.6. The molecule has 3 fully saturated rings. The predicted octanol–water partition coefficient (Wildman–Crippen LogP) is 13.0. The highest BCUT2D eigenvalue weighted by atomic mass is 79.9. The minimum Gasteiger partial charge on any atom is -0.371 e. The van der Waals surface area contributed by atoms with Crippen molar-refractivity contribution in [2.24, 2.45) is 78.4 Å². The molecule has 16 rings (SSSR count). The standard InChI is InChI=1S/2C26H25N5OS.C19H21FN4OS.C11H11BrFN3O/c2*1-26(22-12-19(16-33-22)18-8-6-7-17(11-18)13-27)23(24(32)30(2)25(28)29-26)20-14-31(15-20)21-9-4-3-5-10-21;1-10-8-12(9-22-16(10)20)13-6-7-14(26-13)19(2)15(11-4-5-11)17(25)24(3)18(21)23-19;1-11(9(17)16(2)10(14)15-11)6-3-4-8(13)7(12)5-6/h2*3-12,16,20,23H,14-15H2,1-2H3,(H2,28,29);6-9,11,15H,4-5H2,1-3H3,(H2,21,23);3-5H,1-2H3,(H2,14,15)/t23-,26+;23-,26-;15-,19-;/m011./s1. The number of hydrogen-bond donors (Lipinski definition) is 4. The Bertz CT molecular complexity index is 5050. The van der Waals surface area contributed by atoms with Crippen molar-refractivity contribution in [3.8, 4) is 44.8 Å². The van der Waals surface area contributed by atoms with Crippen molar-refractivity contribution >= 4 is 109 Å². The van der Waals surface area contributed by atoms with Gasteiger partial charge in [0, 0.05) is 114 Å². The second kappa shape index (κ2) is 30.2. The van der Waals surface area contributed by atoms with Crippen molar-refractivity contribution in [3.05, 3.63) is 228 Å². The van der Waals surface area contributed by atoms with E-state index in [1.807, 2.05) is 106 Å². The van der Waals surface area contributed by atoms with E-state index in [9.17, 15) is 38.5 Å². The van der Waals surface area contributed by atoms with Crippen LogP contribution in [0.1, 0.15) is 77.4 Å². The number of carbonyl (C=O) groups is 4. The van der Waals surface area contributed by atoms with Crippen LogP contribution in [0.25, 0.3) is 32.7 Å². The average Bonchev–Trinajstić information content (AvgIpc) is 1.25. The zero-order chi connectivity index (χ0) is 77.8. The molecule has 1 saturated carbocycles. The fraction of sp³-hybridized carbons (Fsp3) is 0.305. The normalized spacial score (nSPS) is 24.0. The van der Waals surface area contributed by atoms with E-state index in [1.165, 1.54) is 49.3 Å². The predicted molar refractivity (Wildman–Crippen MR) is 430 cm³/mol. The fourth-order valence-electron chi connectivity index (χ4n) is 15.3. The summed E-state index contributed by atoms with van der Waals surface area (Å²) in [5.41, 5.74) is 30.4. The number of nitrogens with zero attached hydrogens (tertiary/aromatic N) is 13. The van der Waals surface area contributed by atoms with Crippen LogP contribution in [0.2, 0.25) is 0 Å². The second-order valence-electron chi connectivity index (χ2n) is 29.1. The van der Waals surface area contributed by atoms with Crippen LogP contribution >= 0.6 is 49.9 Å². The van der Waals surface area contributed by atoms with Gasteiger partial charge in [0.1, 0.15) is 22.4 Å². The molecular formula is C82H82BrF2N17O4S3. The number of guanidine groups is 4. The molecule has 7 aliphatic rings. The number of likely N-dealkylation sites (N-methyl/N-ethyl adjacent to an activating group) is 1. The highest BCUT2D eigenvalue weighted by molar-refractivity contribution is 9.10. The van der Waals surface area contributed by atoms with Crippen LogP contribution in [0.3, 0.4) is 0 Å². The van der Waals surface area contributed by atoms with Crippen LogP contribution in [0.15, 0.2) is 199 Å². The number of carbonyl (C=O) groups excluding carboxylic acids is 4. The van der Waals surface area contributed by atoms with Crippen molar-refractivity contribution in [2.45, 2.75) is 69.6 Å². The van der Waals surface area contributed by atoms with Gasteiger partial charge in [0.2, 0.25) is 23.7 Å². The number of aryl methyl sites for hydroxylation is 1. The first-order valence-electron chi connectivity index (χ1n) is 35.5. The number of rotatable bonds is 12. The van der Waals surface area contributed by atoms with E-state index in [0.717, 1.165) is 86.3 Å². The molecule has 1 unspecified atom stereocenters. The molecule has 8 N–H and O–H groups in total. The maximum atomic E-state index is 13.5. The van der Waals surface area contributed by atoms with Gasteiger partial charge in [-0.1, -0.05) is 66.7 Å². The lowest BCUT2D eigenvalue weighted by Gasteiger charge is -2.50. The molecule has 21 nitrogen and oxygen atoms in total. The summed E-state index contributed by atoms with van der Waals surface area (Å²) in [6.07, 6.45) is 3.64. The number of benzene rings is 5. The molecular weight excluding hydrogens is 1500 g/mol. The summed E-state index contributed by atoms with van der Waals surface area (Å²) < 4.78 is 26.9. The molecule has 0 bridgehead atoms. The molecule has 4 amide bonds. The van der Waals surface area contributed by atoms with E-state index in [1.54, 1.807) is 100 Å². The summed E-state index contributed by atoms with van der Waals surface area (Å²) in [6.45, 7) is 12.6. The number of para-hydroxylation sites is 2. The summed E-state index contributed by atoms with van der Waals surface area (Å²) in [5.74, 6) is -0.162. The molecule has 1 aliphatic carbocycles. The molecule has 7 atom stereocenters. The Morgan fingerprint density at radius 3 is 1.35 bits per heavy atom. The number of hydrogen-bond acceptors (Lipinski definition) is 20. The summed E-state index contributed by atoms with van der Waals surface area (Å²) in [4.78, 5) is 88.7. The van der Waals surface area contributed by atoms with Gasteiger partial charge in [-0.2, -0.15) is 14.9 Å². The summed E-state index contributed by atoms with van der Waals surface area (Å²) in [7, 11) is 6.65. The van der Waals surface area contributed by atoms with Crippen LogP contribution in [-0.2, 0) is 41.3 Å². The van der Waals surface area contributed by atoms with E-state index in [0.29, 0.717) is 32.6 Å². The molecule has 558 valence electrons. The van der Waals surface area contributed by atoms with Gasteiger partial charge in [0.25, 0.3) is 5.91 Å². The van der Waals surface area contributed by atoms with Crippen molar-refractivity contribution in [3.63, 3.8) is 0 Å². The lowest BCUT2D eigenvalue weighted by atomic mass is 9.71. The van der Waals surface area contributed by atoms with Crippen LogP contribution in [0.4, 0.5) is 20.2 Å². The van der Waals surface area contributed by atoms with Crippen molar-refractivity contribution in [1.82, 2.24) is 24.6 Å². The molecule has 5 aromatic carbocycles. The van der Waals surface area contributed by atoms with Gasteiger partial charge in [-0.05, 0) is 199 Å². The Kier molecular flexibility index (Phi) is 21.1. The van der Waals surface area contributed by atoms with Crippen molar-refractivity contribution in [2.75, 3.05) is 64.2 Å². The zero-order valence-corrected chi connectivity index (χ0v) is 65.6. The number of pyridine rings is 1. The first-order valence-corrected chi connectivity index (χ1v) is 38.8. The van der Waals surface area contributed by atoms with Gasteiger partial charge in [-0.15, -0.1) is 34.0 Å². The lowest BCUT2D eigenvalue weighted by molar-refractivity contribution is -0.137. The maximum Gasteiger partial charge on any atom is 0.261 e. The Morgan fingerprint density at radius 2 is 0.936 bits per heavy atom. The molecule has 0 spiro atoms. The van der Waals surface area contributed by atoms with Crippen LogP contribution in [-0.4, -0.2) is 126 Å². The largest absolute Gasteiger partial charge is 0.371 e. The number of halogens is 3. The van der Waals surface area contributed by atoms with Gasteiger partial charge in [0.15, 0.2) is 29.4 Å². The van der Waals surface area contributed by atoms with Crippen molar-refractivity contribution < 1.29 is 28.0 Å². The molecule has 9 aromatic rings. The zero-order valence-electron chi connectivity index (χ0n) is 61.6. The van der Waals surface area contributed by atoms with Gasteiger partial charge >= 0.3 is 0 Å². The summed E-state index contributed by atoms with van der Waals surface area (Å²) in [6, 6.07) is 54.4. The molecule has 109 heavy (non-hydrogen) atoms. The quantitative estimate of drug-likeness (QED) is 0.0828. The maximum absolute atomic E-state index is 13.5. The number of aliphatic imine (C=N–C) groups is 4. The molecule has 2 saturated heterocycles. The molecule has 10 heterocycles. The number of nitrogens with two attached hydrogens (primary N) is 4. The summed E-state index contributed by atoms with van der Waals surface area (Å²) >= 11 is 7.84. The Morgan fingerprint density at radius 1 is 0.495 bits per heavy atom. The first kappa shape index (κ1) is 76.2. The number of anilines is 2. The highest BCUT2D eigenvalue weighted by Gasteiger charge is 2.57. The van der Waals surface area contributed by atoms with E-state index in [4.69, 9.17) is 37.9 Å². The number of amides is 4. The Labute approximate surface area is 652 Å². The molecule has 4 aromatic heterocycles. The minimum atomic E-state index is -1.07. The van der Waals surface area contributed by atoms with Crippen molar-refractivity contribution in [1.29, 1.82) is 10.5 Å².